The summed E-state index contributed by atoms with van der Waals surface area (Å²) in [5.41, 5.74) is 0. The van der Waals surface area contributed by atoms with Gasteiger partial charge in [-0.3, -0.25) is 0 Å². The van der Waals surface area contributed by atoms with Crippen molar-refractivity contribution in [2.45, 2.75) is 79.1 Å². The second-order valence-corrected chi connectivity index (χ2v) is 3.66. The van der Waals surface area contributed by atoms with Gasteiger partial charge in [0.25, 0.3) is 0 Å². The van der Waals surface area contributed by atoms with Gasteiger partial charge in [-0.05, 0) is 0 Å². The molecule has 16 heavy (non-hydrogen) atoms. The van der Waals surface area contributed by atoms with E-state index in [0.717, 1.165) is 19.3 Å². The molecule has 0 fully saturated rings. The van der Waals surface area contributed by atoms with E-state index in [1.165, 1.54) is 0 Å². The Labute approximate surface area is 103 Å². The number of hydrogen-bond acceptors (Lipinski definition) is 3. The zero-order valence-electron chi connectivity index (χ0n) is 11.7. The first-order valence-electron chi connectivity index (χ1n) is 5.79. The first-order valence-corrected chi connectivity index (χ1v) is 5.79. The van der Waals surface area contributed by atoms with Crippen molar-refractivity contribution >= 4 is 8.41 Å². The molecule has 0 heterocycles. The average Bonchev–Trinajstić information content (AvgIpc) is 2.19. The standard InChI is InChI=1S/3C4H9O.B/c3*1-3-4(2)5;/h3*4H,3H2,1-2H3;/q3*-1;+3. The van der Waals surface area contributed by atoms with Crippen LogP contribution in [0.3, 0.4) is 0 Å². The zero-order chi connectivity index (χ0) is 12.9. The van der Waals surface area contributed by atoms with E-state index in [1.807, 2.05) is 20.8 Å². The topological polar surface area (TPSA) is 69.2 Å². The van der Waals surface area contributed by atoms with Gasteiger partial charge in [0.2, 0.25) is 0 Å². The van der Waals surface area contributed by atoms with Gasteiger partial charge in [-0.2, -0.15) is 0 Å². The normalized spacial score (nSPS) is 14.1. The Kier molecular flexibility index (Phi) is 31.8. The number of hydrogen-bond donors (Lipinski definition) is 0. The van der Waals surface area contributed by atoms with Crippen LogP contribution in [0.1, 0.15) is 60.8 Å². The van der Waals surface area contributed by atoms with Gasteiger partial charge in [0, 0.05) is 0 Å². The molecule has 96 valence electrons. The van der Waals surface area contributed by atoms with Crippen molar-refractivity contribution in [3.63, 3.8) is 0 Å². The summed E-state index contributed by atoms with van der Waals surface area (Å²) in [5, 5.41) is 29.7. The molecule has 0 radical (unpaired) electrons. The Bertz CT molecular complexity index is 77.2. The van der Waals surface area contributed by atoms with Crippen LogP contribution < -0.4 is 15.3 Å². The molecule has 0 aromatic carbocycles. The minimum atomic E-state index is -0.366. The Morgan fingerprint density at radius 2 is 0.688 bits per heavy atom. The average molecular weight is 230 g/mol. The summed E-state index contributed by atoms with van der Waals surface area (Å²) in [6, 6.07) is 0. The summed E-state index contributed by atoms with van der Waals surface area (Å²) in [7, 11) is 0. The Morgan fingerprint density at radius 1 is 0.625 bits per heavy atom. The van der Waals surface area contributed by atoms with Crippen molar-refractivity contribution in [3.05, 3.63) is 0 Å². The van der Waals surface area contributed by atoms with Crippen molar-refractivity contribution in [3.8, 4) is 0 Å². The molecule has 0 saturated heterocycles. The van der Waals surface area contributed by atoms with Crippen LogP contribution in [0.5, 0.6) is 0 Å². The fraction of sp³-hybridized carbons (Fsp3) is 1.00. The van der Waals surface area contributed by atoms with Crippen molar-refractivity contribution < 1.29 is 15.3 Å². The molecule has 0 bridgehead atoms. The third kappa shape index (κ3) is 66.1. The van der Waals surface area contributed by atoms with Crippen molar-refractivity contribution in [1.29, 1.82) is 0 Å². The van der Waals surface area contributed by atoms with Crippen molar-refractivity contribution in [1.82, 2.24) is 0 Å². The quantitative estimate of drug-likeness (QED) is 0.643. The summed E-state index contributed by atoms with van der Waals surface area (Å²) in [6.07, 6.45) is 1.15. The third-order valence-corrected chi connectivity index (χ3v) is 1.72. The summed E-state index contributed by atoms with van der Waals surface area (Å²) in [4.78, 5) is 0. The molecular weight excluding hydrogens is 203 g/mol. The first kappa shape index (κ1) is 25.0. The van der Waals surface area contributed by atoms with Gasteiger partial charge in [-0.15, -0.1) is 18.3 Å². The van der Waals surface area contributed by atoms with E-state index in [1.54, 1.807) is 20.8 Å². The van der Waals surface area contributed by atoms with Gasteiger partial charge < -0.3 is 15.3 Å². The third-order valence-electron chi connectivity index (χ3n) is 1.72. The van der Waals surface area contributed by atoms with E-state index in [9.17, 15) is 15.3 Å². The second kappa shape index (κ2) is 20.4. The summed E-state index contributed by atoms with van der Waals surface area (Å²) < 4.78 is 0. The van der Waals surface area contributed by atoms with Gasteiger partial charge >= 0.3 is 8.41 Å². The largest absolute Gasteiger partial charge is 3.00 e. The summed E-state index contributed by atoms with van der Waals surface area (Å²) >= 11 is 0. The van der Waals surface area contributed by atoms with Crippen LogP contribution in [-0.4, -0.2) is 26.7 Å². The minimum absolute atomic E-state index is 0. The molecule has 0 aliphatic heterocycles. The molecule has 0 rings (SSSR count). The van der Waals surface area contributed by atoms with E-state index in [4.69, 9.17) is 0 Å². The second-order valence-electron chi connectivity index (χ2n) is 3.66. The van der Waals surface area contributed by atoms with E-state index in [2.05, 4.69) is 0 Å². The van der Waals surface area contributed by atoms with Gasteiger partial charge in [0.1, 0.15) is 0 Å². The SMILES string of the molecule is CCC(C)[O-].CCC(C)[O-].CCC(C)[O-].[B+3]. The van der Waals surface area contributed by atoms with E-state index >= 15 is 0 Å². The molecule has 0 aromatic heterocycles. The van der Waals surface area contributed by atoms with Crippen LogP contribution in [0.25, 0.3) is 0 Å². The van der Waals surface area contributed by atoms with E-state index in [-0.39, 0.29) is 26.7 Å². The van der Waals surface area contributed by atoms with Gasteiger partial charge in [-0.1, -0.05) is 60.8 Å². The molecule has 3 unspecified atom stereocenters. The Balaban J connectivity index is -0.0000000655. The smallest absolute Gasteiger partial charge is 0.852 e. The van der Waals surface area contributed by atoms with E-state index < -0.39 is 0 Å². The molecule has 0 N–H and O–H groups in total. The molecule has 0 aromatic rings. The van der Waals surface area contributed by atoms with Crippen LogP contribution >= 0.6 is 0 Å². The molecule has 0 amide bonds. The fourth-order valence-corrected chi connectivity index (χ4v) is 0. The first-order chi connectivity index (χ1) is 6.81. The van der Waals surface area contributed by atoms with Crippen molar-refractivity contribution in [2.24, 2.45) is 0 Å². The molecule has 3 atom stereocenters. The molecule has 0 aliphatic rings. The van der Waals surface area contributed by atoms with Crippen LogP contribution in [0.2, 0.25) is 0 Å². The van der Waals surface area contributed by atoms with Crippen LogP contribution in [0.15, 0.2) is 0 Å². The molecule has 0 saturated carbocycles. The molecule has 0 spiro atoms. The zero-order valence-corrected chi connectivity index (χ0v) is 11.7. The maximum Gasteiger partial charge on any atom is 3.00 e. The van der Waals surface area contributed by atoms with E-state index in [0.29, 0.717) is 0 Å². The van der Waals surface area contributed by atoms with Gasteiger partial charge in [0.15, 0.2) is 0 Å². The monoisotopic (exact) mass is 230 g/mol. The van der Waals surface area contributed by atoms with Gasteiger partial charge in [0.05, 0.1) is 0 Å². The van der Waals surface area contributed by atoms with Crippen LogP contribution in [-0.2, 0) is 0 Å². The van der Waals surface area contributed by atoms with Gasteiger partial charge in [-0.25, -0.2) is 0 Å². The maximum atomic E-state index is 9.90. The predicted molar refractivity (Wildman–Crippen MR) is 65.0 cm³/mol. The number of rotatable bonds is 3. The molecule has 3 nitrogen and oxygen atoms in total. The summed E-state index contributed by atoms with van der Waals surface area (Å²) in [6.45, 7) is 10.7. The fourth-order valence-electron chi connectivity index (χ4n) is 0. The maximum absolute atomic E-state index is 9.90. The molecule has 0 aliphatic carbocycles. The predicted octanol–water partition coefficient (Wildman–Crippen LogP) is 0.0548. The van der Waals surface area contributed by atoms with Crippen molar-refractivity contribution in [2.75, 3.05) is 0 Å². The molecular formula is C12H27BO3. The molecule has 4 heteroatoms. The summed E-state index contributed by atoms with van der Waals surface area (Å²) in [5.74, 6) is 0. The Morgan fingerprint density at radius 3 is 0.688 bits per heavy atom. The minimum Gasteiger partial charge on any atom is -0.852 e. The Hall–Kier alpha value is -0.0551. The van der Waals surface area contributed by atoms with Crippen LogP contribution in [0, 0.1) is 0 Å². The van der Waals surface area contributed by atoms with Crippen LogP contribution in [0.4, 0.5) is 0 Å².